The minimum Gasteiger partial charge on any atom is -0.341 e. The maximum Gasteiger partial charge on any atom is 0.112 e. The summed E-state index contributed by atoms with van der Waals surface area (Å²) in [4.78, 5) is 4.36. The Balaban J connectivity index is 1.74. The van der Waals surface area contributed by atoms with Crippen molar-refractivity contribution < 1.29 is 0 Å². The van der Waals surface area contributed by atoms with Gasteiger partial charge in [0.25, 0.3) is 0 Å². The highest BCUT2D eigenvalue weighted by Crippen LogP contribution is 2.19. The van der Waals surface area contributed by atoms with E-state index in [0.717, 1.165) is 24.6 Å². The minimum absolute atomic E-state index is 0.688. The first kappa shape index (κ1) is 14.3. The van der Waals surface area contributed by atoms with Crippen LogP contribution in [0.25, 0.3) is 10.9 Å². The Morgan fingerprint density at radius 3 is 2.95 bits per heavy atom. The molecule has 2 aromatic heterocycles. The SMILES string of the molecule is CC(C)CNCc1ccc2c(ccn2Cc2nccs2)c1. The molecule has 1 aromatic carbocycles. The lowest BCUT2D eigenvalue weighted by Crippen LogP contribution is -2.18. The topological polar surface area (TPSA) is 29.9 Å². The maximum absolute atomic E-state index is 4.36. The zero-order valence-corrected chi connectivity index (χ0v) is 13.4. The molecule has 0 aliphatic rings. The summed E-state index contributed by atoms with van der Waals surface area (Å²) in [5.74, 6) is 0.688. The van der Waals surface area contributed by atoms with Gasteiger partial charge in [-0.15, -0.1) is 11.3 Å². The van der Waals surface area contributed by atoms with Gasteiger partial charge in [-0.1, -0.05) is 19.9 Å². The van der Waals surface area contributed by atoms with Crippen molar-refractivity contribution in [3.63, 3.8) is 0 Å². The number of aromatic nitrogens is 2. The van der Waals surface area contributed by atoms with Crippen LogP contribution >= 0.6 is 11.3 Å². The molecule has 4 heteroatoms. The van der Waals surface area contributed by atoms with E-state index in [9.17, 15) is 0 Å². The Morgan fingerprint density at radius 2 is 2.19 bits per heavy atom. The first-order chi connectivity index (χ1) is 10.2. The lowest BCUT2D eigenvalue weighted by Gasteiger charge is -2.08. The minimum atomic E-state index is 0.688. The Hall–Kier alpha value is -1.65. The second-order valence-corrected chi connectivity index (χ2v) is 6.77. The largest absolute Gasteiger partial charge is 0.341 e. The molecule has 110 valence electrons. The van der Waals surface area contributed by atoms with Crippen molar-refractivity contribution in [3.05, 3.63) is 52.6 Å². The number of rotatable bonds is 6. The van der Waals surface area contributed by atoms with Crippen LogP contribution in [0.5, 0.6) is 0 Å². The molecule has 0 amide bonds. The molecule has 21 heavy (non-hydrogen) atoms. The second-order valence-electron chi connectivity index (χ2n) is 5.79. The van der Waals surface area contributed by atoms with Crippen molar-refractivity contribution in [3.8, 4) is 0 Å². The third-order valence-corrected chi connectivity index (χ3v) is 4.27. The van der Waals surface area contributed by atoms with Gasteiger partial charge in [0.05, 0.1) is 6.54 Å². The van der Waals surface area contributed by atoms with Gasteiger partial charge >= 0.3 is 0 Å². The van der Waals surface area contributed by atoms with Gasteiger partial charge in [0.2, 0.25) is 0 Å². The van der Waals surface area contributed by atoms with E-state index in [1.165, 1.54) is 16.5 Å². The van der Waals surface area contributed by atoms with E-state index < -0.39 is 0 Å². The average Bonchev–Trinajstić information content (AvgIpc) is 3.09. The molecule has 0 aliphatic heterocycles. The zero-order valence-electron chi connectivity index (χ0n) is 12.5. The van der Waals surface area contributed by atoms with Crippen molar-refractivity contribution in [2.45, 2.75) is 26.9 Å². The summed E-state index contributed by atoms with van der Waals surface area (Å²) in [5.41, 5.74) is 2.62. The third kappa shape index (κ3) is 3.52. The van der Waals surface area contributed by atoms with E-state index in [1.54, 1.807) is 11.3 Å². The standard InChI is InChI=1S/C17H21N3S/c1-13(2)10-18-11-14-3-4-16-15(9-14)5-7-20(16)12-17-19-6-8-21-17/h3-9,13,18H,10-12H2,1-2H3. The molecular formula is C17H21N3S. The van der Waals surface area contributed by atoms with Gasteiger partial charge < -0.3 is 9.88 Å². The Kier molecular flexibility index (Phi) is 4.36. The summed E-state index contributed by atoms with van der Waals surface area (Å²) in [5, 5.41) is 7.97. The number of nitrogens with one attached hydrogen (secondary N) is 1. The number of benzene rings is 1. The summed E-state index contributed by atoms with van der Waals surface area (Å²) in [7, 11) is 0. The monoisotopic (exact) mass is 299 g/mol. The molecule has 0 saturated heterocycles. The summed E-state index contributed by atoms with van der Waals surface area (Å²) in [6, 6.07) is 8.90. The van der Waals surface area contributed by atoms with Gasteiger partial charge in [0.15, 0.2) is 0 Å². The predicted molar refractivity (Wildman–Crippen MR) is 89.7 cm³/mol. The normalized spacial score (nSPS) is 11.6. The Bertz CT molecular complexity index is 698. The number of hydrogen-bond acceptors (Lipinski definition) is 3. The van der Waals surface area contributed by atoms with Gasteiger partial charge in [0.1, 0.15) is 5.01 Å². The van der Waals surface area contributed by atoms with Crippen LogP contribution in [0.3, 0.4) is 0 Å². The molecule has 0 fully saturated rings. The molecule has 0 radical (unpaired) electrons. The van der Waals surface area contributed by atoms with Crippen LogP contribution in [0.4, 0.5) is 0 Å². The summed E-state index contributed by atoms with van der Waals surface area (Å²) in [6.07, 6.45) is 4.02. The molecule has 3 rings (SSSR count). The molecular weight excluding hydrogens is 278 g/mol. The summed E-state index contributed by atoms with van der Waals surface area (Å²) in [6.45, 7) is 7.31. The van der Waals surface area contributed by atoms with Crippen LogP contribution in [-0.4, -0.2) is 16.1 Å². The van der Waals surface area contributed by atoms with Crippen molar-refractivity contribution in [1.29, 1.82) is 0 Å². The predicted octanol–water partition coefficient (Wildman–Crippen LogP) is 3.89. The van der Waals surface area contributed by atoms with Crippen molar-refractivity contribution in [2.24, 2.45) is 5.92 Å². The van der Waals surface area contributed by atoms with Crippen molar-refractivity contribution in [1.82, 2.24) is 14.9 Å². The third-order valence-electron chi connectivity index (χ3n) is 3.51. The molecule has 0 spiro atoms. The number of thiazole rings is 1. The number of nitrogens with zero attached hydrogens (tertiary/aromatic N) is 2. The lowest BCUT2D eigenvalue weighted by atomic mass is 10.1. The van der Waals surface area contributed by atoms with E-state index in [1.807, 2.05) is 11.6 Å². The molecule has 0 unspecified atom stereocenters. The number of fused-ring (bicyclic) bond motifs is 1. The highest BCUT2D eigenvalue weighted by atomic mass is 32.1. The van der Waals surface area contributed by atoms with E-state index in [0.29, 0.717) is 5.92 Å². The molecule has 0 bridgehead atoms. The molecule has 2 heterocycles. The fraction of sp³-hybridized carbons (Fsp3) is 0.353. The van der Waals surface area contributed by atoms with Crippen molar-refractivity contribution >= 4 is 22.2 Å². The Morgan fingerprint density at radius 1 is 1.29 bits per heavy atom. The fourth-order valence-corrected chi connectivity index (χ4v) is 3.09. The first-order valence-corrected chi connectivity index (χ1v) is 8.27. The van der Waals surface area contributed by atoms with E-state index >= 15 is 0 Å². The smallest absolute Gasteiger partial charge is 0.112 e. The van der Waals surface area contributed by atoms with E-state index in [4.69, 9.17) is 0 Å². The molecule has 3 aromatic rings. The quantitative estimate of drug-likeness (QED) is 0.748. The summed E-state index contributed by atoms with van der Waals surface area (Å²) < 4.78 is 2.26. The zero-order chi connectivity index (χ0) is 14.7. The first-order valence-electron chi connectivity index (χ1n) is 7.39. The van der Waals surface area contributed by atoms with Gasteiger partial charge in [-0.25, -0.2) is 4.98 Å². The second kappa shape index (κ2) is 6.41. The van der Waals surface area contributed by atoms with E-state index in [2.05, 4.69) is 59.2 Å². The van der Waals surface area contributed by atoms with Crippen LogP contribution in [-0.2, 0) is 13.1 Å². The molecule has 3 nitrogen and oxygen atoms in total. The number of hydrogen-bond donors (Lipinski definition) is 1. The molecule has 1 N–H and O–H groups in total. The van der Waals surface area contributed by atoms with E-state index in [-0.39, 0.29) is 0 Å². The van der Waals surface area contributed by atoms with Gasteiger partial charge in [-0.2, -0.15) is 0 Å². The maximum atomic E-state index is 4.36. The van der Waals surface area contributed by atoms with Crippen LogP contribution in [0.2, 0.25) is 0 Å². The highest BCUT2D eigenvalue weighted by Gasteiger charge is 2.04. The molecule has 0 aliphatic carbocycles. The molecule has 0 saturated carbocycles. The van der Waals surface area contributed by atoms with Gasteiger partial charge in [-0.05, 0) is 41.6 Å². The van der Waals surface area contributed by atoms with Gasteiger partial charge in [0, 0.05) is 29.8 Å². The highest BCUT2D eigenvalue weighted by molar-refractivity contribution is 7.09. The van der Waals surface area contributed by atoms with Crippen LogP contribution in [0.15, 0.2) is 42.0 Å². The van der Waals surface area contributed by atoms with Gasteiger partial charge in [-0.3, -0.25) is 0 Å². The van der Waals surface area contributed by atoms with Crippen LogP contribution in [0, 0.1) is 5.92 Å². The van der Waals surface area contributed by atoms with Crippen LogP contribution < -0.4 is 5.32 Å². The van der Waals surface area contributed by atoms with Crippen molar-refractivity contribution in [2.75, 3.05) is 6.54 Å². The summed E-state index contributed by atoms with van der Waals surface area (Å²) >= 11 is 1.70. The fourth-order valence-electron chi connectivity index (χ4n) is 2.48. The van der Waals surface area contributed by atoms with Crippen LogP contribution in [0.1, 0.15) is 24.4 Å². The Labute approximate surface area is 129 Å². The average molecular weight is 299 g/mol. The molecule has 0 atom stereocenters. The lowest BCUT2D eigenvalue weighted by molar-refractivity contribution is 0.552.